The van der Waals surface area contributed by atoms with Crippen LogP contribution in [-0.2, 0) is 57.1 Å². The van der Waals surface area contributed by atoms with Crippen LogP contribution < -0.4 is 0 Å². The Bertz CT molecular complexity index is 949. The van der Waals surface area contributed by atoms with Gasteiger partial charge in [0.15, 0.2) is 11.6 Å². The van der Waals surface area contributed by atoms with Crippen molar-refractivity contribution in [3.8, 4) is 0 Å². The van der Waals surface area contributed by atoms with Crippen LogP contribution in [0.3, 0.4) is 0 Å². The maximum atomic E-state index is 11.6. The van der Waals surface area contributed by atoms with E-state index in [0.29, 0.717) is 78.8 Å². The second kappa shape index (κ2) is 16.7. The zero-order valence-corrected chi connectivity index (χ0v) is 25.6. The van der Waals surface area contributed by atoms with Gasteiger partial charge >= 0.3 is 0 Å². The second-order valence-corrected chi connectivity index (χ2v) is 11.4. The lowest BCUT2D eigenvalue weighted by atomic mass is 10.3. The van der Waals surface area contributed by atoms with E-state index in [1.54, 1.807) is 0 Å². The smallest absolute Gasteiger partial charge is 0.253 e. The third-order valence-corrected chi connectivity index (χ3v) is 7.29. The van der Waals surface area contributed by atoms with E-state index in [2.05, 4.69) is 0 Å². The highest BCUT2D eigenvalue weighted by Gasteiger charge is 2.38. The number of imide groups is 2. The number of rotatable bonds is 21. The van der Waals surface area contributed by atoms with Gasteiger partial charge in [0.2, 0.25) is 0 Å². The molecule has 0 bridgehead atoms. The summed E-state index contributed by atoms with van der Waals surface area (Å²) in [6.07, 6.45) is 7.47. The summed E-state index contributed by atoms with van der Waals surface area (Å²) in [5, 5.41) is 0. The molecule has 2 fully saturated rings. The number of ether oxygens (including phenoxy) is 8. The van der Waals surface area contributed by atoms with E-state index >= 15 is 0 Å². The SMILES string of the molecule is CC1(COCCCN2C(=O)C=CC2=O)OCC(COCCCCOCC2COC(C)(COCCCN3C(=O)C=CC3=O)O2)O1. The Hall–Kier alpha value is -2.56. The van der Waals surface area contributed by atoms with Gasteiger partial charge in [0.1, 0.15) is 25.4 Å². The van der Waals surface area contributed by atoms with E-state index in [1.165, 1.54) is 34.1 Å². The van der Waals surface area contributed by atoms with Crippen molar-refractivity contribution in [1.82, 2.24) is 9.80 Å². The molecule has 246 valence electrons. The molecule has 0 radical (unpaired) electrons. The summed E-state index contributed by atoms with van der Waals surface area (Å²) in [6, 6.07) is 0. The van der Waals surface area contributed by atoms with Gasteiger partial charge in [0, 0.05) is 63.8 Å². The first-order valence-corrected chi connectivity index (χ1v) is 15.2. The van der Waals surface area contributed by atoms with Gasteiger partial charge in [-0.1, -0.05) is 0 Å². The highest BCUT2D eigenvalue weighted by atomic mass is 16.8. The molecule has 0 aromatic carbocycles. The van der Waals surface area contributed by atoms with Crippen LogP contribution in [0.15, 0.2) is 24.3 Å². The summed E-state index contributed by atoms with van der Waals surface area (Å²) >= 11 is 0. The van der Waals surface area contributed by atoms with E-state index in [1.807, 2.05) is 13.8 Å². The normalized spacial score (nSPS) is 28.5. The molecule has 4 aliphatic rings. The van der Waals surface area contributed by atoms with E-state index in [0.717, 1.165) is 12.8 Å². The van der Waals surface area contributed by atoms with Gasteiger partial charge in [-0.15, -0.1) is 0 Å². The minimum Gasteiger partial charge on any atom is -0.379 e. The van der Waals surface area contributed by atoms with Crippen LogP contribution in [0.1, 0.15) is 39.5 Å². The highest BCUT2D eigenvalue weighted by molar-refractivity contribution is 6.13. The van der Waals surface area contributed by atoms with Gasteiger partial charge in [-0.05, 0) is 39.5 Å². The number of carbonyl (C=O) groups is 4. The number of nitrogens with zero attached hydrogens (tertiary/aromatic N) is 2. The number of amides is 4. The lowest BCUT2D eigenvalue weighted by Crippen LogP contribution is -2.35. The fraction of sp³-hybridized carbons (Fsp3) is 0.733. The molecule has 0 aliphatic carbocycles. The van der Waals surface area contributed by atoms with Crippen LogP contribution in [0, 0.1) is 0 Å². The fourth-order valence-corrected chi connectivity index (χ4v) is 5.00. The quantitative estimate of drug-likeness (QED) is 0.131. The molecule has 4 atom stereocenters. The van der Waals surface area contributed by atoms with E-state index in [4.69, 9.17) is 37.9 Å². The molecule has 4 rings (SSSR count). The van der Waals surface area contributed by atoms with Crippen LogP contribution in [0.4, 0.5) is 0 Å². The zero-order valence-electron chi connectivity index (χ0n) is 25.6. The minimum absolute atomic E-state index is 0.181. The molecular weight excluding hydrogens is 580 g/mol. The van der Waals surface area contributed by atoms with Crippen molar-refractivity contribution in [2.45, 2.75) is 63.3 Å². The maximum Gasteiger partial charge on any atom is 0.253 e. The standard InChI is InChI=1S/C30H44N2O12/c1-29(21-39-15-5-11-31-25(33)7-8-26(31)34)41-19-23(43-29)17-37-13-3-4-14-38-18-24-20-42-30(2,44-24)22-40-16-6-12-32-27(35)9-10-28(32)36/h7-10,23-24H,3-6,11-22H2,1-2H3. The number of unbranched alkanes of at least 4 members (excludes halogenated alkanes) is 1. The molecule has 0 aromatic heterocycles. The average molecular weight is 625 g/mol. The van der Waals surface area contributed by atoms with E-state index in [-0.39, 0.29) is 49.1 Å². The average Bonchev–Trinajstić information content (AvgIpc) is 3.74. The van der Waals surface area contributed by atoms with Crippen molar-refractivity contribution in [2.24, 2.45) is 0 Å². The molecule has 44 heavy (non-hydrogen) atoms. The summed E-state index contributed by atoms with van der Waals surface area (Å²) < 4.78 is 46.3. The topological polar surface area (TPSA) is 149 Å². The molecule has 4 heterocycles. The lowest BCUT2D eigenvalue weighted by Gasteiger charge is -2.23. The second-order valence-electron chi connectivity index (χ2n) is 11.4. The predicted octanol–water partition coefficient (Wildman–Crippen LogP) is 0.726. The molecule has 0 spiro atoms. The first kappa shape index (κ1) is 34.3. The largest absolute Gasteiger partial charge is 0.379 e. The van der Waals surface area contributed by atoms with Gasteiger partial charge in [0.25, 0.3) is 23.6 Å². The summed E-state index contributed by atoms with van der Waals surface area (Å²) in [7, 11) is 0. The van der Waals surface area contributed by atoms with Crippen molar-refractivity contribution in [3.63, 3.8) is 0 Å². The Balaban J connectivity index is 0.934. The van der Waals surface area contributed by atoms with Crippen molar-refractivity contribution in [2.75, 3.05) is 79.2 Å². The van der Waals surface area contributed by atoms with Crippen LogP contribution in [0.5, 0.6) is 0 Å². The fourth-order valence-electron chi connectivity index (χ4n) is 5.00. The Morgan fingerprint density at radius 3 is 1.36 bits per heavy atom. The molecular formula is C30H44N2O12. The van der Waals surface area contributed by atoms with E-state index < -0.39 is 11.6 Å². The van der Waals surface area contributed by atoms with Crippen molar-refractivity contribution in [1.29, 1.82) is 0 Å². The first-order valence-electron chi connectivity index (χ1n) is 15.2. The Labute approximate surface area is 257 Å². The van der Waals surface area contributed by atoms with Gasteiger partial charge in [0.05, 0.1) is 26.4 Å². The number of carbonyl (C=O) groups excluding carboxylic acids is 4. The van der Waals surface area contributed by atoms with E-state index in [9.17, 15) is 19.2 Å². The van der Waals surface area contributed by atoms with Crippen molar-refractivity contribution < 1.29 is 57.1 Å². The molecule has 4 aliphatic heterocycles. The van der Waals surface area contributed by atoms with Crippen molar-refractivity contribution >= 4 is 23.6 Å². The maximum absolute atomic E-state index is 11.6. The number of hydrogen-bond donors (Lipinski definition) is 0. The molecule has 0 aromatic rings. The van der Waals surface area contributed by atoms with Gasteiger partial charge in [-0.25, -0.2) is 0 Å². The number of hydrogen-bond acceptors (Lipinski definition) is 12. The van der Waals surface area contributed by atoms with Crippen molar-refractivity contribution in [3.05, 3.63) is 24.3 Å². The highest BCUT2D eigenvalue weighted by Crippen LogP contribution is 2.25. The minimum atomic E-state index is -0.856. The van der Waals surface area contributed by atoms with Crippen LogP contribution >= 0.6 is 0 Å². The molecule has 14 nitrogen and oxygen atoms in total. The lowest BCUT2D eigenvalue weighted by molar-refractivity contribution is -0.194. The Morgan fingerprint density at radius 2 is 0.977 bits per heavy atom. The molecule has 4 amide bonds. The first-order chi connectivity index (χ1) is 21.2. The third-order valence-electron chi connectivity index (χ3n) is 7.29. The molecule has 14 heteroatoms. The Kier molecular flexibility index (Phi) is 13.0. The van der Waals surface area contributed by atoms with Gasteiger partial charge in [-0.2, -0.15) is 0 Å². The van der Waals surface area contributed by atoms with Crippen LogP contribution in [0.2, 0.25) is 0 Å². The third kappa shape index (κ3) is 10.5. The molecule has 0 saturated carbocycles. The van der Waals surface area contributed by atoms with Gasteiger partial charge in [-0.3, -0.25) is 29.0 Å². The monoisotopic (exact) mass is 624 g/mol. The zero-order chi connectivity index (χ0) is 31.4. The Morgan fingerprint density at radius 1 is 0.614 bits per heavy atom. The molecule has 2 saturated heterocycles. The van der Waals surface area contributed by atoms with Crippen LogP contribution in [0.25, 0.3) is 0 Å². The van der Waals surface area contributed by atoms with Gasteiger partial charge < -0.3 is 37.9 Å². The summed E-state index contributed by atoms with van der Waals surface area (Å²) in [6.45, 7) is 8.34. The predicted molar refractivity (Wildman–Crippen MR) is 152 cm³/mol. The molecule has 0 N–H and O–H groups in total. The summed E-state index contributed by atoms with van der Waals surface area (Å²) in [4.78, 5) is 48.6. The summed E-state index contributed by atoms with van der Waals surface area (Å²) in [5.74, 6) is -2.87. The summed E-state index contributed by atoms with van der Waals surface area (Å²) in [5.41, 5.74) is 0. The van der Waals surface area contributed by atoms with Crippen LogP contribution in [-0.4, -0.2) is 136 Å². The molecule has 4 unspecified atom stereocenters.